The molecule has 2 N–H and O–H groups in total. The van der Waals surface area contributed by atoms with Gasteiger partial charge in [-0.05, 0) is 57.9 Å². The van der Waals surface area contributed by atoms with E-state index in [-0.39, 0.29) is 23.1 Å². The molecule has 5 rings (SSSR count). The molecular formula is C28H33ClFN5O4. The van der Waals surface area contributed by atoms with Crippen LogP contribution in [0.3, 0.4) is 0 Å². The van der Waals surface area contributed by atoms with Crippen LogP contribution in [0.25, 0.3) is 10.9 Å². The van der Waals surface area contributed by atoms with Crippen molar-refractivity contribution in [3.05, 3.63) is 47.5 Å². The number of nitrogens with zero attached hydrogens (tertiary/aromatic N) is 3. The smallest absolute Gasteiger partial charge is 0.330 e. The van der Waals surface area contributed by atoms with Gasteiger partial charge < -0.3 is 24.9 Å². The molecule has 2 saturated heterocycles. The van der Waals surface area contributed by atoms with Crippen LogP contribution in [0.15, 0.2) is 36.7 Å². The van der Waals surface area contributed by atoms with Gasteiger partial charge in [0.15, 0.2) is 0 Å². The molecule has 0 unspecified atom stereocenters. The number of carbonyl (C=O) groups is 1. The third-order valence-corrected chi connectivity index (χ3v) is 6.96. The van der Waals surface area contributed by atoms with Gasteiger partial charge in [0.1, 0.15) is 29.8 Å². The zero-order chi connectivity index (χ0) is 27.6. The number of anilines is 3. The first-order valence-electron chi connectivity index (χ1n) is 13.1. The number of piperidine rings is 1. The molecule has 39 heavy (non-hydrogen) atoms. The minimum absolute atomic E-state index is 0.0168. The van der Waals surface area contributed by atoms with Crippen molar-refractivity contribution < 1.29 is 23.5 Å². The fraction of sp³-hybridized carbons (Fsp3) is 0.464. The summed E-state index contributed by atoms with van der Waals surface area (Å²) < 4.78 is 25.6. The van der Waals surface area contributed by atoms with E-state index in [4.69, 9.17) is 25.9 Å². The van der Waals surface area contributed by atoms with E-state index in [1.54, 1.807) is 11.1 Å². The minimum Gasteiger partial charge on any atom is -0.486 e. The van der Waals surface area contributed by atoms with Crippen LogP contribution in [0, 0.1) is 11.2 Å². The van der Waals surface area contributed by atoms with Gasteiger partial charge in [0.25, 0.3) is 0 Å². The lowest BCUT2D eigenvalue weighted by Crippen LogP contribution is -2.44. The highest BCUT2D eigenvalue weighted by Gasteiger charge is 2.30. The maximum Gasteiger partial charge on any atom is 0.330 e. The molecule has 2 aromatic carbocycles. The Kier molecular flexibility index (Phi) is 8.06. The summed E-state index contributed by atoms with van der Waals surface area (Å²) in [6, 6.07) is 8.27. The molecule has 2 aliphatic heterocycles. The topological polar surface area (TPSA) is 97.8 Å². The van der Waals surface area contributed by atoms with E-state index < -0.39 is 11.2 Å². The Balaban J connectivity index is 1.43. The lowest BCUT2D eigenvalue weighted by atomic mass is 9.98. The molecule has 208 valence electrons. The normalized spacial score (nSPS) is 20.1. The first-order chi connectivity index (χ1) is 18.7. The summed E-state index contributed by atoms with van der Waals surface area (Å²) in [5.41, 5.74) is 1.48. The third kappa shape index (κ3) is 6.69. The molecule has 0 spiro atoms. The van der Waals surface area contributed by atoms with Crippen LogP contribution in [0.1, 0.15) is 40.0 Å². The van der Waals surface area contributed by atoms with Crippen molar-refractivity contribution in [2.24, 2.45) is 5.41 Å². The van der Waals surface area contributed by atoms with E-state index >= 15 is 0 Å². The molecule has 2 fully saturated rings. The van der Waals surface area contributed by atoms with E-state index in [0.29, 0.717) is 49.1 Å². The quantitative estimate of drug-likeness (QED) is 0.378. The van der Waals surface area contributed by atoms with Crippen molar-refractivity contribution in [2.45, 2.75) is 52.2 Å². The zero-order valence-corrected chi connectivity index (χ0v) is 23.1. The van der Waals surface area contributed by atoms with Crippen LogP contribution in [0.5, 0.6) is 5.75 Å². The molecule has 3 aromatic rings. The van der Waals surface area contributed by atoms with Crippen LogP contribution < -0.4 is 15.4 Å². The average Bonchev–Trinajstić information content (AvgIpc) is 3.40. The number of hydrogen-bond acceptors (Lipinski definition) is 9. The molecule has 1 aromatic heterocycles. The van der Waals surface area contributed by atoms with Gasteiger partial charge in [0.05, 0.1) is 41.4 Å². The number of hydroxylamine groups is 2. The van der Waals surface area contributed by atoms with Gasteiger partial charge in [-0.2, -0.15) is 0 Å². The van der Waals surface area contributed by atoms with Gasteiger partial charge in [-0.3, -0.25) is 0 Å². The summed E-state index contributed by atoms with van der Waals surface area (Å²) in [4.78, 5) is 27.0. The Hall–Kier alpha value is -3.21. The van der Waals surface area contributed by atoms with Crippen LogP contribution in [-0.4, -0.2) is 59.4 Å². The third-order valence-electron chi connectivity index (χ3n) is 6.67. The summed E-state index contributed by atoms with van der Waals surface area (Å²) in [6.45, 7) is 7.93. The van der Waals surface area contributed by atoms with Gasteiger partial charge in [0, 0.05) is 36.1 Å². The Labute approximate surface area is 231 Å². The molecule has 3 heterocycles. The maximum atomic E-state index is 13.7. The molecule has 2 atom stereocenters. The van der Waals surface area contributed by atoms with Crippen LogP contribution >= 0.6 is 11.6 Å². The number of ether oxygens (including phenoxy) is 2. The molecule has 0 radical (unpaired) electrons. The molecule has 0 saturated carbocycles. The summed E-state index contributed by atoms with van der Waals surface area (Å²) in [6.07, 6.45) is 3.99. The standard InChI is InChI=1S/C28H33ClFN5O4/c1-28(2,3)27(36)39-35-9-4-5-18(14-35)33-24-12-20-23(13-25(24)38-19-8-10-37-15-19)31-16-32-26(20)34-17-6-7-22(30)21(29)11-17/h6-7,11-13,16,18-19,33H,4-5,8-10,14-15H2,1-3H3,(H,31,32,34)/t18-,19-/m0/s1. The summed E-state index contributed by atoms with van der Waals surface area (Å²) in [5.74, 6) is 0.462. The number of hydrogen-bond donors (Lipinski definition) is 2. The Morgan fingerprint density at radius 3 is 2.79 bits per heavy atom. The van der Waals surface area contributed by atoms with Crippen molar-refractivity contribution in [2.75, 3.05) is 36.9 Å². The predicted octanol–water partition coefficient (Wildman–Crippen LogP) is 5.71. The molecule has 0 aliphatic carbocycles. The Bertz CT molecular complexity index is 1350. The molecule has 0 bridgehead atoms. The highest BCUT2D eigenvalue weighted by molar-refractivity contribution is 6.31. The minimum atomic E-state index is -0.582. The maximum absolute atomic E-state index is 13.7. The van der Waals surface area contributed by atoms with Crippen molar-refractivity contribution in [1.29, 1.82) is 0 Å². The molecule has 2 aliphatic rings. The number of fused-ring (bicyclic) bond motifs is 1. The molecule has 11 heteroatoms. The highest BCUT2D eigenvalue weighted by atomic mass is 35.5. The number of aromatic nitrogens is 2. The molecular weight excluding hydrogens is 525 g/mol. The van der Waals surface area contributed by atoms with Crippen molar-refractivity contribution in [3.8, 4) is 5.75 Å². The van der Waals surface area contributed by atoms with Crippen molar-refractivity contribution >= 4 is 45.7 Å². The van der Waals surface area contributed by atoms with E-state index in [2.05, 4.69) is 20.6 Å². The summed E-state index contributed by atoms with van der Waals surface area (Å²) in [5, 5.41) is 9.34. The lowest BCUT2D eigenvalue weighted by molar-refractivity contribution is -0.204. The largest absolute Gasteiger partial charge is 0.486 e. The number of carbonyl (C=O) groups excluding carboxylic acids is 1. The number of halogens is 2. The first-order valence-corrected chi connectivity index (χ1v) is 13.5. The van der Waals surface area contributed by atoms with Gasteiger partial charge in [-0.25, -0.2) is 19.2 Å². The fourth-order valence-electron chi connectivity index (χ4n) is 4.51. The van der Waals surface area contributed by atoms with Gasteiger partial charge >= 0.3 is 5.97 Å². The van der Waals surface area contributed by atoms with Gasteiger partial charge in [-0.1, -0.05) is 11.6 Å². The van der Waals surface area contributed by atoms with Gasteiger partial charge in [-0.15, -0.1) is 5.06 Å². The van der Waals surface area contributed by atoms with E-state index in [1.807, 2.05) is 32.9 Å². The Morgan fingerprint density at radius 1 is 1.21 bits per heavy atom. The number of benzene rings is 2. The van der Waals surface area contributed by atoms with E-state index in [0.717, 1.165) is 30.3 Å². The summed E-state index contributed by atoms with van der Waals surface area (Å²) in [7, 11) is 0. The SMILES string of the molecule is CC(C)(C)C(=O)ON1CCC[C@H](Nc2cc3c(Nc4ccc(F)c(Cl)c4)ncnc3cc2O[C@H]2CCOC2)C1. The van der Waals surface area contributed by atoms with Crippen LogP contribution in [0.4, 0.5) is 21.6 Å². The van der Waals surface area contributed by atoms with Crippen LogP contribution in [-0.2, 0) is 14.4 Å². The zero-order valence-electron chi connectivity index (χ0n) is 22.3. The van der Waals surface area contributed by atoms with E-state index in [1.165, 1.54) is 18.5 Å². The first kappa shape index (κ1) is 27.4. The number of rotatable bonds is 7. The van der Waals surface area contributed by atoms with Crippen molar-refractivity contribution in [3.63, 3.8) is 0 Å². The van der Waals surface area contributed by atoms with E-state index in [9.17, 15) is 9.18 Å². The Morgan fingerprint density at radius 2 is 2.05 bits per heavy atom. The van der Waals surface area contributed by atoms with Gasteiger partial charge in [0.2, 0.25) is 0 Å². The second kappa shape index (κ2) is 11.5. The second-order valence-corrected chi connectivity index (χ2v) is 11.4. The second-order valence-electron chi connectivity index (χ2n) is 10.9. The van der Waals surface area contributed by atoms with Crippen LogP contribution in [0.2, 0.25) is 5.02 Å². The number of nitrogens with one attached hydrogen (secondary N) is 2. The van der Waals surface area contributed by atoms with Crippen molar-refractivity contribution in [1.82, 2.24) is 15.0 Å². The molecule has 9 nitrogen and oxygen atoms in total. The summed E-state index contributed by atoms with van der Waals surface area (Å²) >= 11 is 5.98. The lowest BCUT2D eigenvalue weighted by Gasteiger charge is -2.34. The highest BCUT2D eigenvalue weighted by Crippen LogP contribution is 2.36. The fourth-order valence-corrected chi connectivity index (χ4v) is 4.69. The predicted molar refractivity (Wildman–Crippen MR) is 148 cm³/mol. The molecule has 0 amide bonds. The average molecular weight is 558 g/mol. The monoisotopic (exact) mass is 557 g/mol.